The molecule has 0 aliphatic rings. The summed E-state index contributed by atoms with van der Waals surface area (Å²) in [5, 5.41) is 12.5. The molecule has 0 saturated carbocycles. The summed E-state index contributed by atoms with van der Waals surface area (Å²) in [5.74, 6) is 0.627. The average molecular weight is 286 g/mol. The largest absolute Gasteiger partial charge is 0.495 e. The molecule has 0 aliphatic heterocycles. The van der Waals surface area contributed by atoms with Gasteiger partial charge in [0, 0.05) is 22.8 Å². The van der Waals surface area contributed by atoms with Gasteiger partial charge in [-0.15, -0.1) is 11.3 Å². The van der Waals surface area contributed by atoms with Crippen molar-refractivity contribution in [3.8, 4) is 11.8 Å². The first-order valence-corrected chi connectivity index (χ1v) is 7.43. The number of benzene rings is 1. The number of nitrogens with one attached hydrogen (secondary N) is 1. The van der Waals surface area contributed by atoms with Crippen molar-refractivity contribution in [2.75, 3.05) is 7.11 Å². The van der Waals surface area contributed by atoms with Crippen LogP contribution < -0.4 is 10.1 Å². The van der Waals surface area contributed by atoms with Gasteiger partial charge in [0.25, 0.3) is 0 Å². The molecule has 3 nitrogen and oxygen atoms in total. The summed E-state index contributed by atoms with van der Waals surface area (Å²) in [4.78, 5) is 2.76. The van der Waals surface area contributed by atoms with E-state index in [9.17, 15) is 0 Å². The van der Waals surface area contributed by atoms with Crippen LogP contribution in [0.5, 0.6) is 5.75 Å². The molecular formula is C16H18N2OS. The van der Waals surface area contributed by atoms with Gasteiger partial charge in [-0.3, -0.25) is 0 Å². The van der Waals surface area contributed by atoms with E-state index in [1.807, 2.05) is 29.5 Å². The fraction of sp³-hybridized carbons (Fsp3) is 0.312. The molecule has 0 saturated heterocycles. The van der Waals surface area contributed by atoms with Crippen molar-refractivity contribution in [1.82, 2.24) is 5.32 Å². The minimum absolute atomic E-state index is 0.580. The minimum Gasteiger partial charge on any atom is -0.495 e. The lowest BCUT2D eigenvalue weighted by atomic mass is 10.1. The zero-order valence-corrected chi connectivity index (χ0v) is 12.6. The third kappa shape index (κ3) is 3.60. The van der Waals surface area contributed by atoms with Gasteiger partial charge in [-0.1, -0.05) is 13.0 Å². The Morgan fingerprint density at radius 2 is 2.00 bits per heavy atom. The Morgan fingerprint density at radius 1 is 1.20 bits per heavy atom. The summed E-state index contributed by atoms with van der Waals surface area (Å²) in [5.41, 5.74) is 1.67. The maximum Gasteiger partial charge on any atom is 0.136 e. The molecule has 0 radical (unpaired) electrons. The van der Waals surface area contributed by atoms with Crippen LogP contribution in [0, 0.1) is 11.3 Å². The standard InChI is InChI=1S/C16H18N2OS/c1-3-14-5-6-15(20-14)11-18-10-12-4-7-16(19-2)13(8-12)9-17/h4-8,18H,3,10-11H2,1-2H3. The SMILES string of the molecule is CCc1ccc(CNCc2ccc(OC)c(C#N)c2)s1. The van der Waals surface area contributed by atoms with Gasteiger partial charge in [0.15, 0.2) is 0 Å². The Labute approximate surface area is 123 Å². The molecule has 20 heavy (non-hydrogen) atoms. The third-order valence-electron chi connectivity index (χ3n) is 3.08. The summed E-state index contributed by atoms with van der Waals surface area (Å²) in [6.45, 7) is 3.78. The van der Waals surface area contributed by atoms with E-state index in [4.69, 9.17) is 10.00 Å². The molecule has 1 heterocycles. The highest BCUT2D eigenvalue weighted by Gasteiger charge is 2.04. The van der Waals surface area contributed by atoms with Gasteiger partial charge in [-0.25, -0.2) is 0 Å². The van der Waals surface area contributed by atoms with E-state index in [0.717, 1.165) is 25.1 Å². The summed E-state index contributed by atoms with van der Waals surface area (Å²) in [6, 6.07) is 12.2. The van der Waals surface area contributed by atoms with Crippen molar-refractivity contribution in [3.63, 3.8) is 0 Å². The Bertz CT molecular complexity index is 613. The van der Waals surface area contributed by atoms with Gasteiger partial charge >= 0.3 is 0 Å². The molecule has 2 aromatic rings. The van der Waals surface area contributed by atoms with E-state index in [1.165, 1.54) is 9.75 Å². The van der Waals surface area contributed by atoms with Crippen LogP contribution >= 0.6 is 11.3 Å². The molecule has 0 atom stereocenters. The Hall–Kier alpha value is -1.83. The van der Waals surface area contributed by atoms with Crippen molar-refractivity contribution in [3.05, 3.63) is 51.2 Å². The minimum atomic E-state index is 0.580. The van der Waals surface area contributed by atoms with Crippen LogP contribution in [0.3, 0.4) is 0 Å². The highest BCUT2D eigenvalue weighted by atomic mass is 32.1. The van der Waals surface area contributed by atoms with Crippen LogP contribution in [0.4, 0.5) is 0 Å². The van der Waals surface area contributed by atoms with Crippen molar-refractivity contribution < 1.29 is 4.74 Å². The van der Waals surface area contributed by atoms with Crippen molar-refractivity contribution in [2.45, 2.75) is 26.4 Å². The summed E-state index contributed by atoms with van der Waals surface area (Å²) < 4.78 is 5.14. The second-order valence-electron chi connectivity index (χ2n) is 4.47. The molecule has 0 amide bonds. The van der Waals surface area contributed by atoms with Crippen molar-refractivity contribution in [2.24, 2.45) is 0 Å². The molecule has 4 heteroatoms. The van der Waals surface area contributed by atoms with E-state index in [0.29, 0.717) is 11.3 Å². The molecule has 104 valence electrons. The Kier molecular flexibility index (Phi) is 5.16. The van der Waals surface area contributed by atoms with E-state index in [2.05, 4.69) is 30.4 Å². The van der Waals surface area contributed by atoms with Crippen LogP contribution in [0.1, 0.15) is 27.8 Å². The maximum atomic E-state index is 9.06. The molecule has 1 aromatic heterocycles. The van der Waals surface area contributed by atoms with Crippen LogP contribution in [-0.4, -0.2) is 7.11 Å². The van der Waals surface area contributed by atoms with Gasteiger partial charge in [-0.2, -0.15) is 5.26 Å². The molecule has 1 aromatic carbocycles. The first kappa shape index (κ1) is 14.6. The quantitative estimate of drug-likeness (QED) is 0.884. The predicted molar refractivity (Wildman–Crippen MR) is 81.9 cm³/mol. The first-order valence-electron chi connectivity index (χ1n) is 6.62. The van der Waals surface area contributed by atoms with Gasteiger partial charge in [0.2, 0.25) is 0 Å². The number of thiophene rings is 1. The highest BCUT2D eigenvalue weighted by molar-refractivity contribution is 7.11. The van der Waals surface area contributed by atoms with Crippen LogP contribution in [0.15, 0.2) is 30.3 Å². The van der Waals surface area contributed by atoms with E-state index in [1.54, 1.807) is 7.11 Å². The lowest BCUT2D eigenvalue weighted by molar-refractivity contribution is 0.413. The monoisotopic (exact) mass is 286 g/mol. The average Bonchev–Trinajstić information content (AvgIpc) is 2.95. The smallest absolute Gasteiger partial charge is 0.136 e. The van der Waals surface area contributed by atoms with Crippen LogP contribution in [-0.2, 0) is 19.5 Å². The van der Waals surface area contributed by atoms with Crippen molar-refractivity contribution in [1.29, 1.82) is 5.26 Å². The van der Waals surface area contributed by atoms with E-state index in [-0.39, 0.29) is 0 Å². The highest BCUT2D eigenvalue weighted by Crippen LogP contribution is 2.19. The van der Waals surface area contributed by atoms with Crippen LogP contribution in [0.25, 0.3) is 0 Å². The van der Waals surface area contributed by atoms with E-state index < -0.39 is 0 Å². The first-order chi connectivity index (χ1) is 9.76. The molecule has 0 bridgehead atoms. The van der Waals surface area contributed by atoms with Gasteiger partial charge in [-0.05, 0) is 36.2 Å². The fourth-order valence-corrected chi connectivity index (χ4v) is 2.92. The normalized spacial score (nSPS) is 10.2. The second-order valence-corrected chi connectivity index (χ2v) is 5.72. The zero-order chi connectivity index (χ0) is 14.4. The predicted octanol–water partition coefficient (Wildman–Crippen LogP) is 3.48. The number of methoxy groups -OCH3 is 1. The molecule has 0 fully saturated rings. The molecule has 0 unspecified atom stereocenters. The Balaban J connectivity index is 1.92. The number of nitrogens with zero attached hydrogens (tertiary/aromatic N) is 1. The maximum absolute atomic E-state index is 9.06. The molecule has 2 rings (SSSR count). The number of hydrogen-bond acceptors (Lipinski definition) is 4. The van der Waals surface area contributed by atoms with Crippen LogP contribution in [0.2, 0.25) is 0 Å². The van der Waals surface area contributed by atoms with Crippen molar-refractivity contribution >= 4 is 11.3 Å². The van der Waals surface area contributed by atoms with E-state index >= 15 is 0 Å². The Morgan fingerprint density at radius 3 is 2.65 bits per heavy atom. The van der Waals surface area contributed by atoms with Gasteiger partial charge < -0.3 is 10.1 Å². The molecule has 0 aliphatic carbocycles. The number of nitriles is 1. The molecular weight excluding hydrogens is 268 g/mol. The summed E-state index contributed by atoms with van der Waals surface area (Å²) in [7, 11) is 1.58. The van der Waals surface area contributed by atoms with Gasteiger partial charge in [0.1, 0.15) is 11.8 Å². The number of aryl methyl sites for hydroxylation is 1. The lowest BCUT2D eigenvalue weighted by Gasteiger charge is -2.07. The molecule has 0 spiro atoms. The number of hydrogen-bond donors (Lipinski definition) is 1. The second kappa shape index (κ2) is 7.09. The number of ether oxygens (including phenoxy) is 1. The molecule has 1 N–H and O–H groups in total. The topological polar surface area (TPSA) is 45.0 Å². The zero-order valence-electron chi connectivity index (χ0n) is 11.8. The summed E-state index contributed by atoms with van der Waals surface area (Å²) in [6.07, 6.45) is 1.09. The number of rotatable bonds is 6. The third-order valence-corrected chi connectivity index (χ3v) is 4.31. The summed E-state index contributed by atoms with van der Waals surface area (Å²) >= 11 is 1.85. The fourth-order valence-electron chi connectivity index (χ4n) is 1.99. The lowest BCUT2D eigenvalue weighted by Crippen LogP contribution is -2.11. The van der Waals surface area contributed by atoms with Gasteiger partial charge in [0.05, 0.1) is 12.7 Å².